The summed E-state index contributed by atoms with van der Waals surface area (Å²) in [6.45, 7) is 4.48. The van der Waals surface area contributed by atoms with Gasteiger partial charge >= 0.3 is 0 Å². The van der Waals surface area contributed by atoms with Gasteiger partial charge in [-0.05, 0) is 42.3 Å². The molecule has 202 valence electrons. The Balaban J connectivity index is 1.36. The highest BCUT2D eigenvalue weighted by Crippen LogP contribution is 2.35. The molecule has 0 atom stereocenters. The van der Waals surface area contributed by atoms with E-state index in [-0.39, 0.29) is 17.3 Å². The van der Waals surface area contributed by atoms with Gasteiger partial charge in [0.05, 0.1) is 22.7 Å². The van der Waals surface area contributed by atoms with Crippen molar-refractivity contribution in [1.29, 1.82) is 0 Å². The highest BCUT2D eigenvalue weighted by Gasteiger charge is 2.33. The fraction of sp³-hybridized carbons (Fsp3) is 0.200. The predicted molar refractivity (Wildman–Crippen MR) is 162 cm³/mol. The largest absolute Gasteiger partial charge is 0.366 e. The number of thioether (sulfide) groups is 1. The molecule has 0 radical (unpaired) electrons. The van der Waals surface area contributed by atoms with Crippen molar-refractivity contribution in [3.63, 3.8) is 0 Å². The topological polar surface area (TPSA) is 61.2 Å². The second-order valence-corrected chi connectivity index (χ2v) is 11.4. The first-order chi connectivity index (χ1) is 19.4. The van der Waals surface area contributed by atoms with E-state index in [9.17, 15) is 14.0 Å². The van der Waals surface area contributed by atoms with Crippen LogP contribution in [0.1, 0.15) is 16.7 Å². The molecule has 6 rings (SSSR count). The van der Waals surface area contributed by atoms with Crippen LogP contribution in [-0.2, 0) is 11.3 Å². The third kappa shape index (κ3) is 5.00. The van der Waals surface area contributed by atoms with Gasteiger partial charge in [0.2, 0.25) is 0 Å². The standard InChI is InChI=1S/C30H26FN5O2S2/c1-20-11-12-26-32-27(34-15-13-33(14-16-34)24-10-6-5-9-23(24)31)22(28(37)35(26)18-20)17-25-29(38)36(30(39)40-25)19-21-7-3-2-4-8-21/h2-12,17-18H,13-16,19H2,1H3/b25-17+. The third-order valence-electron chi connectivity index (χ3n) is 7.09. The number of thiocarbonyl (C=S) groups is 1. The van der Waals surface area contributed by atoms with Crippen LogP contribution in [0.2, 0.25) is 0 Å². The number of nitrogens with zero attached hydrogens (tertiary/aromatic N) is 5. The Morgan fingerprint density at radius 2 is 1.65 bits per heavy atom. The van der Waals surface area contributed by atoms with Gasteiger partial charge in [-0.3, -0.25) is 18.9 Å². The highest BCUT2D eigenvalue weighted by molar-refractivity contribution is 8.26. The molecule has 0 N–H and O–H groups in total. The molecule has 10 heteroatoms. The van der Waals surface area contributed by atoms with Crippen LogP contribution in [0.3, 0.4) is 0 Å². The van der Waals surface area contributed by atoms with Crippen molar-refractivity contribution in [2.24, 2.45) is 0 Å². The van der Waals surface area contributed by atoms with E-state index < -0.39 is 0 Å². The smallest absolute Gasteiger partial charge is 0.267 e. The number of para-hydroxylation sites is 1. The number of hydrogen-bond donors (Lipinski definition) is 0. The molecule has 0 spiro atoms. The average Bonchev–Trinajstić information content (AvgIpc) is 3.23. The average molecular weight is 572 g/mol. The van der Waals surface area contributed by atoms with Crippen LogP contribution in [-0.4, -0.2) is 50.7 Å². The molecule has 0 aliphatic carbocycles. The van der Waals surface area contributed by atoms with Crippen LogP contribution >= 0.6 is 24.0 Å². The van der Waals surface area contributed by atoms with Crippen molar-refractivity contribution in [2.45, 2.75) is 13.5 Å². The van der Waals surface area contributed by atoms with Crippen molar-refractivity contribution in [3.8, 4) is 0 Å². The summed E-state index contributed by atoms with van der Waals surface area (Å²) in [4.78, 5) is 38.1. The molecule has 2 aromatic heterocycles. The number of aryl methyl sites for hydroxylation is 1. The highest BCUT2D eigenvalue weighted by atomic mass is 32.2. The number of fused-ring (bicyclic) bond motifs is 1. The van der Waals surface area contributed by atoms with Gasteiger partial charge < -0.3 is 9.80 Å². The lowest BCUT2D eigenvalue weighted by molar-refractivity contribution is -0.122. The number of halogens is 1. The first kappa shape index (κ1) is 26.2. The van der Waals surface area contributed by atoms with E-state index in [1.807, 2.05) is 65.3 Å². The number of anilines is 2. The SMILES string of the molecule is Cc1ccc2nc(N3CCN(c4ccccc4F)CC3)c(/C=C3/SC(=S)N(Cc4ccccc4)C3=O)c(=O)n2c1. The summed E-state index contributed by atoms with van der Waals surface area (Å²) in [5.74, 6) is 0.0184. The maximum absolute atomic E-state index is 14.4. The molecule has 2 aromatic carbocycles. The van der Waals surface area contributed by atoms with Crippen LogP contribution in [0.5, 0.6) is 0 Å². The Morgan fingerprint density at radius 3 is 2.40 bits per heavy atom. The minimum absolute atomic E-state index is 0.233. The molecule has 40 heavy (non-hydrogen) atoms. The summed E-state index contributed by atoms with van der Waals surface area (Å²) in [5, 5.41) is 0. The molecule has 1 amide bonds. The molecule has 2 aliphatic rings. The van der Waals surface area contributed by atoms with Crippen molar-refractivity contribution < 1.29 is 9.18 Å². The zero-order valence-corrected chi connectivity index (χ0v) is 23.4. The Kier molecular flexibility index (Phi) is 7.12. The molecule has 0 unspecified atom stereocenters. The number of carbonyl (C=O) groups is 1. The van der Waals surface area contributed by atoms with Gasteiger partial charge in [-0.25, -0.2) is 9.37 Å². The zero-order valence-electron chi connectivity index (χ0n) is 21.8. The number of pyridine rings is 1. The number of aromatic nitrogens is 2. The fourth-order valence-corrected chi connectivity index (χ4v) is 6.25. The number of piperazine rings is 1. The Morgan fingerprint density at radius 1 is 0.950 bits per heavy atom. The van der Waals surface area contributed by atoms with Gasteiger partial charge in [-0.15, -0.1) is 0 Å². The summed E-state index contributed by atoms with van der Waals surface area (Å²) >= 11 is 6.74. The number of benzene rings is 2. The van der Waals surface area contributed by atoms with E-state index >= 15 is 0 Å². The van der Waals surface area contributed by atoms with E-state index in [0.29, 0.717) is 64.7 Å². The van der Waals surface area contributed by atoms with E-state index in [1.54, 1.807) is 29.3 Å². The maximum atomic E-state index is 14.4. The molecule has 4 aromatic rings. The number of carbonyl (C=O) groups excluding carboxylic acids is 1. The first-order valence-corrected chi connectivity index (χ1v) is 14.2. The molecule has 0 bridgehead atoms. The molecule has 4 heterocycles. The number of hydrogen-bond acceptors (Lipinski definition) is 7. The van der Waals surface area contributed by atoms with Gasteiger partial charge in [0.25, 0.3) is 11.5 Å². The molecule has 7 nitrogen and oxygen atoms in total. The molecular weight excluding hydrogens is 545 g/mol. The van der Waals surface area contributed by atoms with E-state index in [0.717, 1.165) is 11.1 Å². The van der Waals surface area contributed by atoms with Crippen LogP contribution in [0.4, 0.5) is 15.9 Å². The summed E-state index contributed by atoms with van der Waals surface area (Å²) in [6.07, 6.45) is 3.38. The van der Waals surface area contributed by atoms with Gasteiger partial charge in [0, 0.05) is 32.4 Å². The Bertz CT molecular complexity index is 1710. The van der Waals surface area contributed by atoms with Crippen LogP contribution in [0, 0.1) is 12.7 Å². The fourth-order valence-electron chi connectivity index (χ4n) is 5.02. The van der Waals surface area contributed by atoms with Crippen molar-refractivity contribution in [2.75, 3.05) is 36.0 Å². The Labute approximate surface area is 240 Å². The number of rotatable bonds is 5. The first-order valence-electron chi connectivity index (χ1n) is 13.0. The lowest BCUT2D eigenvalue weighted by Gasteiger charge is -2.37. The zero-order chi connectivity index (χ0) is 27.8. The maximum Gasteiger partial charge on any atom is 0.267 e. The monoisotopic (exact) mass is 571 g/mol. The summed E-state index contributed by atoms with van der Waals surface area (Å²) < 4.78 is 16.4. The van der Waals surface area contributed by atoms with Crippen molar-refractivity contribution in [3.05, 3.63) is 111 Å². The normalized spacial score (nSPS) is 16.9. The summed E-state index contributed by atoms with van der Waals surface area (Å²) in [6, 6.07) is 20.1. The third-order valence-corrected chi connectivity index (χ3v) is 8.47. The predicted octanol–water partition coefficient (Wildman–Crippen LogP) is 4.87. The minimum Gasteiger partial charge on any atom is -0.366 e. The van der Waals surface area contributed by atoms with Crippen LogP contribution in [0.15, 0.2) is 82.6 Å². The summed E-state index contributed by atoms with van der Waals surface area (Å²) in [7, 11) is 0. The lowest BCUT2D eigenvalue weighted by Crippen LogP contribution is -2.47. The van der Waals surface area contributed by atoms with Gasteiger partial charge in [-0.2, -0.15) is 0 Å². The second kappa shape index (κ2) is 10.9. The van der Waals surface area contributed by atoms with Gasteiger partial charge in [-0.1, -0.05) is 72.5 Å². The van der Waals surface area contributed by atoms with E-state index in [1.165, 1.54) is 22.2 Å². The molecular formula is C30H26FN5O2S2. The van der Waals surface area contributed by atoms with Crippen molar-refractivity contribution >= 4 is 57.4 Å². The molecule has 2 aliphatic heterocycles. The van der Waals surface area contributed by atoms with E-state index in [4.69, 9.17) is 17.2 Å². The molecule has 2 saturated heterocycles. The quantitative estimate of drug-likeness (QED) is 0.250. The van der Waals surface area contributed by atoms with Crippen LogP contribution < -0.4 is 15.4 Å². The van der Waals surface area contributed by atoms with Crippen LogP contribution in [0.25, 0.3) is 11.7 Å². The second-order valence-electron chi connectivity index (χ2n) is 9.77. The Hall–Kier alpha value is -4.02. The summed E-state index contributed by atoms with van der Waals surface area (Å²) in [5.41, 5.74) is 3.05. The lowest BCUT2D eigenvalue weighted by atomic mass is 10.2. The van der Waals surface area contributed by atoms with Gasteiger partial charge in [0.1, 0.15) is 21.6 Å². The van der Waals surface area contributed by atoms with Crippen molar-refractivity contribution in [1.82, 2.24) is 14.3 Å². The number of amides is 1. The van der Waals surface area contributed by atoms with E-state index in [2.05, 4.69) is 0 Å². The molecule has 2 fully saturated rings. The van der Waals surface area contributed by atoms with Gasteiger partial charge in [0.15, 0.2) is 0 Å². The minimum atomic E-state index is -0.258. The molecule has 0 saturated carbocycles.